The molecule has 2 nitrogen and oxygen atoms in total. The number of ether oxygens (including phenoxy) is 1. The van der Waals surface area contributed by atoms with Crippen molar-refractivity contribution in [2.24, 2.45) is 5.92 Å². The van der Waals surface area contributed by atoms with E-state index < -0.39 is 0 Å². The molecule has 0 heterocycles. The predicted octanol–water partition coefficient (Wildman–Crippen LogP) is 3.75. The van der Waals surface area contributed by atoms with E-state index in [0.29, 0.717) is 6.04 Å². The Labute approximate surface area is 108 Å². The van der Waals surface area contributed by atoms with Gasteiger partial charge in [0.1, 0.15) is 0 Å². The van der Waals surface area contributed by atoms with E-state index >= 15 is 0 Å². The van der Waals surface area contributed by atoms with E-state index in [0.717, 1.165) is 12.5 Å². The van der Waals surface area contributed by atoms with Gasteiger partial charge in [-0.3, -0.25) is 0 Å². The zero-order valence-corrected chi connectivity index (χ0v) is 12.6. The third kappa shape index (κ3) is 7.05. The summed E-state index contributed by atoms with van der Waals surface area (Å²) in [6, 6.07) is 0.709. The second-order valence-electron chi connectivity index (χ2n) is 7.54. The standard InChI is InChI=1S/C15H31NO/c1-14(2,3)16-13-9-7-12(8-10-13)11-17-15(4,5)6/h12-13,16H,7-11H2,1-6H3. The molecule has 1 saturated carbocycles. The fraction of sp³-hybridized carbons (Fsp3) is 1.00. The van der Waals surface area contributed by atoms with Gasteiger partial charge in [-0.2, -0.15) is 0 Å². The van der Waals surface area contributed by atoms with Gasteiger partial charge >= 0.3 is 0 Å². The molecular weight excluding hydrogens is 210 g/mol. The summed E-state index contributed by atoms with van der Waals surface area (Å²) in [7, 11) is 0. The van der Waals surface area contributed by atoms with E-state index in [1.54, 1.807) is 0 Å². The van der Waals surface area contributed by atoms with Crippen LogP contribution in [0.25, 0.3) is 0 Å². The molecule has 1 rings (SSSR count). The van der Waals surface area contributed by atoms with Crippen LogP contribution >= 0.6 is 0 Å². The molecule has 17 heavy (non-hydrogen) atoms. The Morgan fingerprint density at radius 2 is 1.47 bits per heavy atom. The van der Waals surface area contributed by atoms with Crippen molar-refractivity contribution in [2.45, 2.75) is 84.4 Å². The third-order valence-corrected chi connectivity index (χ3v) is 3.24. The van der Waals surface area contributed by atoms with Crippen LogP contribution in [0, 0.1) is 5.92 Å². The topological polar surface area (TPSA) is 21.3 Å². The Hall–Kier alpha value is -0.0800. The Morgan fingerprint density at radius 3 is 1.88 bits per heavy atom. The van der Waals surface area contributed by atoms with Gasteiger partial charge in [0.05, 0.1) is 12.2 Å². The van der Waals surface area contributed by atoms with Crippen LogP contribution in [0.5, 0.6) is 0 Å². The van der Waals surface area contributed by atoms with E-state index in [1.165, 1.54) is 25.7 Å². The van der Waals surface area contributed by atoms with Gasteiger partial charge in [-0.1, -0.05) is 0 Å². The van der Waals surface area contributed by atoms with Crippen molar-refractivity contribution < 1.29 is 4.74 Å². The van der Waals surface area contributed by atoms with E-state index in [9.17, 15) is 0 Å². The number of hydrogen-bond acceptors (Lipinski definition) is 2. The summed E-state index contributed by atoms with van der Waals surface area (Å²) >= 11 is 0. The second kappa shape index (κ2) is 5.71. The predicted molar refractivity (Wildman–Crippen MR) is 74.3 cm³/mol. The first-order chi connectivity index (χ1) is 7.66. The molecule has 0 aromatic rings. The highest BCUT2D eigenvalue weighted by Gasteiger charge is 2.25. The largest absolute Gasteiger partial charge is 0.376 e. The lowest BCUT2D eigenvalue weighted by molar-refractivity contribution is -0.0293. The Balaban J connectivity index is 2.22. The van der Waals surface area contributed by atoms with Gasteiger partial charge in [0.2, 0.25) is 0 Å². The molecule has 0 aromatic carbocycles. The number of rotatable bonds is 3. The minimum atomic E-state index is 0.0144. The van der Waals surface area contributed by atoms with Gasteiger partial charge < -0.3 is 10.1 Å². The molecule has 1 aliphatic carbocycles. The van der Waals surface area contributed by atoms with Gasteiger partial charge in [0, 0.05) is 11.6 Å². The maximum atomic E-state index is 5.88. The molecule has 0 radical (unpaired) electrons. The quantitative estimate of drug-likeness (QED) is 0.812. The highest BCUT2D eigenvalue weighted by molar-refractivity contribution is 4.83. The first-order valence-electron chi connectivity index (χ1n) is 7.07. The minimum absolute atomic E-state index is 0.0144. The Morgan fingerprint density at radius 1 is 0.941 bits per heavy atom. The summed E-state index contributed by atoms with van der Waals surface area (Å²) in [4.78, 5) is 0. The molecule has 0 bridgehead atoms. The van der Waals surface area contributed by atoms with Crippen molar-refractivity contribution in [1.82, 2.24) is 5.32 Å². The van der Waals surface area contributed by atoms with Crippen molar-refractivity contribution in [3.63, 3.8) is 0 Å². The molecule has 1 aliphatic rings. The first kappa shape index (κ1) is 15.0. The van der Waals surface area contributed by atoms with Gasteiger partial charge in [0.25, 0.3) is 0 Å². The van der Waals surface area contributed by atoms with Crippen LogP contribution in [0.4, 0.5) is 0 Å². The fourth-order valence-electron chi connectivity index (χ4n) is 2.45. The average molecular weight is 241 g/mol. The highest BCUT2D eigenvalue weighted by atomic mass is 16.5. The Kier molecular flexibility index (Phi) is 5.03. The molecule has 0 unspecified atom stereocenters. The lowest BCUT2D eigenvalue weighted by Gasteiger charge is -2.35. The molecule has 0 spiro atoms. The lowest BCUT2D eigenvalue weighted by Crippen LogP contribution is -2.45. The highest BCUT2D eigenvalue weighted by Crippen LogP contribution is 2.26. The van der Waals surface area contributed by atoms with E-state index in [2.05, 4.69) is 46.9 Å². The van der Waals surface area contributed by atoms with Crippen LogP contribution in [0.2, 0.25) is 0 Å². The third-order valence-electron chi connectivity index (χ3n) is 3.24. The smallest absolute Gasteiger partial charge is 0.0598 e. The summed E-state index contributed by atoms with van der Waals surface area (Å²) in [5.74, 6) is 0.771. The Bertz CT molecular complexity index is 216. The zero-order valence-electron chi connectivity index (χ0n) is 12.6. The van der Waals surface area contributed by atoms with Crippen LogP contribution in [-0.2, 0) is 4.74 Å². The summed E-state index contributed by atoms with van der Waals surface area (Å²) < 4.78 is 5.88. The maximum Gasteiger partial charge on any atom is 0.0598 e. The average Bonchev–Trinajstić information content (AvgIpc) is 2.13. The maximum absolute atomic E-state index is 5.88. The zero-order chi connectivity index (χ0) is 13.1. The number of nitrogens with one attached hydrogen (secondary N) is 1. The molecular formula is C15H31NO. The van der Waals surface area contributed by atoms with E-state index in [4.69, 9.17) is 4.74 Å². The van der Waals surface area contributed by atoms with Crippen molar-refractivity contribution in [3.8, 4) is 0 Å². The van der Waals surface area contributed by atoms with Gasteiger partial charge in [-0.05, 0) is 73.1 Å². The molecule has 0 amide bonds. The molecule has 0 aromatic heterocycles. The van der Waals surface area contributed by atoms with Gasteiger partial charge in [0.15, 0.2) is 0 Å². The van der Waals surface area contributed by atoms with Crippen LogP contribution in [0.15, 0.2) is 0 Å². The summed E-state index contributed by atoms with van der Waals surface area (Å²) in [6.45, 7) is 14.1. The van der Waals surface area contributed by atoms with E-state index in [1.807, 2.05) is 0 Å². The summed E-state index contributed by atoms with van der Waals surface area (Å²) in [6.07, 6.45) is 5.22. The molecule has 0 saturated heterocycles. The monoisotopic (exact) mass is 241 g/mol. The van der Waals surface area contributed by atoms with Crippen molar-refractivity contribution in [1.29, 1.82) is 0 Å². The molecule has 1 N–H and O–H groups in total. The van der Waals surface area contributed by atoms with Crippen LogP contribution in [0.3, 0.4) is 0 Å². The van der Waals surface area contributed by atoms with Gasteiger partial charge in [-0.25, -0.2) is 0 Å². The van der Waals surface area contributed by atoms with Crippen molar-refractivity contribution in [3.05, 3.63) is 0 Å². The van der Waals surface area contributed by atoms with E-state index in [-0.39, 0.29) is 11.1 Å². The fourth-order valence-corrected chi connectivity index (χ4v) is 2.45. The lowest BCUT2D eigenvalue weighted by atomic mass is 9.85. The molecule has 102 valence electrons. The second-order valence-corrected chi connectivity index (χ2v) is 7.54. The van der Waals surface area contributed by atoms with Crippen LogP contribution in [0.1, 0.15) is 67.2 Å². The molecule has 1 fully saturated rings. The normalized spacial score (nSPS) is 27.2. The van der Waals surface area contributed by atoms with Crippen molar-refractivity contribution >= 4 is 0 Å². The summed E-state index contributed by atoms with van der Waals surface area (Å²) in [5, 5.41) is 3.71. The number of hydrogen-bond donors (Lipinski definition) is 1. The van der Waals surface area contributed by atoms with Crippen LogP contribution < -0.4 is 5.32 Å². The molecule has 2 heteroatoms. The van der Waals surface area contributed by atoms with Gasteiger partial charge in [-0.15, -0.1) is 0 Å². The minimum Gasteiger partial charge on any atom is -0.376 e. The molecule has 0 atom stereocenters. The van der Waals surface area contributed by atoms with Crippen LogP contribution in [-0.4, -0.2) is 23.8 Å². The SMILES string of the molecule is CC(C)(C)NC1CCC(COC(C)(C)C)CC1. The van der Waals surface area contributed by atoms with Crippen molar-refractivity contribution in [2.75, 3.05) is 6.61 Å². The first-order valence-corrected chi connectivity index (χ1v) is 7.07. The molecule has 0 aliphatic heterocycles. The summed E-state index contributed by atoms with van der Waals surface area (Å²) in [5.41, 5.74) is 0.264.